The molecule has 2 rings (SSSR count). The summed E-state index contributed by atoms with van der Waals surface area (Å²) in [4.78, 5) is 2.48. The Labute approximate surface area is 97.4 Å². The van der Waals surface area contributed by atoms with E-state index in [4.69, 9.17) is 4.74 Å². The van der Waals surface area contributed by atoms with E-state index in [0.717, 1.165) is 32.8 Å². The fourth-order valence-electron chi connectivity index (χ4n) is 2.19. The van der Waals surface area contributed by atoms with Gasteiger partial charge in [0.1, 0.15) is 0 Å². The molecule has 0 amide bonds. The van der Waals surface area contributed by atoms with Gasteiger partial charge in [0.05, 0.1) is 6.61 Å². The third-order valence-corrected chi connectivity index (χ3v) is 2.96. The van der Waals surface area contributed by atoms with Gasteiger partial charge in [-0.05, 0) is 5.56 Å². The van der Waals surface area contributed by atoms with Crippen LogP contribution < -0.4 is 5.32 Å². The Morgan fingerprint density at radius 1 is 1.38 bits per heavy atom. The third kappa shape index (κ3) is 3.30. The second-order valence-corrected chi connectivity index (χ2v) is 4.33. The van der Waals surface area contributed by atoms with E-state index >= 15 is 0 Å². The zero-order chi connectivity index (χ0) is 11.2. The molecule has 16 heavy (non-hydrogen) atoms. The number of nitrogens with zero attached hydrogens (tertiary/aromatic N) is 1. The topological polar surface area (TPSA) is 24.5 Å². The van der Waals surface area contributed by atoms with Crippen molar-refractivity contribution in [1.29, 1.82) is 0 Å². The van der Waals surface area contributed by atoms with Crippen LogP contribution in [0.25, 0.3) is 0 Å². The van der Waals surface area contributed by atoms with Crippen LogP contribution in [0.5, 0.6) is 0 Å². The molecule has 1 heterocycles. The fraction of sp³-hybridized carbons (Fsp3) is 0.538. The molecule has 0 saturated carbocycles. The highest BCUT2D eigenvalue weighted by Crippen LogP contribution is 2.07. The molecule has 0 bridgehead atoms. The maximum atomic E-state index is 5.19. The normalized spacial score (nSPS) is 22.2. The Bertz CT molecular complexity index is 300. The molecule has 0 aromatic heterocycles. The van der Waals surface area contributed by atoms with Crippen molar-refractivity contribution < 1.29 is 4.74 Å². The minimum Gasteiger partial charge on any atom is -0.383 e. The van der Waals surface area contributed by atoms with Gasteiger partial charge in [0.2, 0.25) is 0 Å². The summed E-state index contributed by atoms with van der Waals surface area (Å²) in [6.45, 7) is 5.09. The molecule has 1 aromatic carbocycles. The van der Waals surface area contributed by atoms with Gasteiger partial charge in [-0.3, -0.25) is 4.90 Å². The van der Waals surface area contributed by atoms with E-state index in [1.165, 1.54) is 5.56 Å². The molecule has 3 heteroatoms. The van der Waals surface area contributed by atoms with Crippen LogP contribution in [0.15, 0.2) is 30.3 Å². The maximum Gasteiger partial charge on any atom is 0.0628 e. The van der Waals surface area contributed by atoms with Crippen molar-refractivity contribution in [2.24, 2.45) is 0 Å². The molecule has 1 aromatic rings. The first-order valence-electron chi connectivity index (χ1n) is 5.87. The summed E-state index contributed by atoms with van der Waals surface area (Å²) < 4.78 is 5.19. The lowest BCUT2D eigenvalue weighted by Gasteiger charge is -2.33. The van der Waals surface area contributed by atoms with Crippen molar-refractivity contribution in [3.63, 3.8) is 0 Å². The van der Waals surface area contributed by atoms with Crippen LogP contribution >= 0.6 is 0 Å². The summed E-state index contributed by atoms with van der Waals surface area (Å²) >= 11 is 0. The average molecular weight is 220 g/mol. The first-order valence-corrected chi connectivity index (χ1v) is 5.87. The number of ether oxygens (including phenoxy) is 1. The third-order valence-electron chi connectivity index (χ3n) is 2.96. The monoisotopic (exact) mass is 220 g/mol. The van der Waals surface area contributed by atoms with Crippen LogP contribution in [0.2, 0.25) is 0 Å². The van der Waals surface area contributed by atoms with E-state index in [-0.39, 0.29) is 0 Å². The molecule has 1 aliphatic rings. The van der Waals surface area contributed by atoms with Gasteiger partial charge in [-0.1, -0.05) is 30.3 Å². The average Bonchev–Trinajstić information content (AvgIpc) is 2.31. The van der Waals surface area contributed by atoms with Crippen molar-refractivity contribution in [3.8, 4) is 0 Å². The smallest absolute Gasteiger partial charge is 0.0628 e. The predicted molar refractivity (Wildman–Crippen MR) is 65.4 cm³/mol. The maximum absolute atomic E-state index is 5.19. The molecule has 0 aliphatic carbocycles. The number of piperazine rings is 1. The van der Waals surface area contributed by atoms with E-state index in [1.807, 2.05) is 0 Å². The largest absolute Gasteiger partial charge is 0.383 e. The zero-order valence-corrected chi connectivity index (χ0v) is 9.86. The van der Waals surface area contributed by atoms with Gasteiger partial charge in [0.15, 0.2) is 0 Å². The molecular weight excluding hydrogens is 200 g/mol. The van der Waals surface area contributed by atoms with Gasteiger partial charge >= 0.3 is 0 Å². The van der Waals surface area contributed by atoms with Crippen molar-refractivity contribution in [1.82, 2.24) is 10.2 Å². The Morgan fingerprint density at radius 3 is 2.94 bits per heavy atom. The fourth-order valence-corrected chi connectivity index (χ4v) is 2.19. The van der Waals surface area contributed by atoms with Gasteiger partial charge in [-0.25, -0.2) is 0 Å². The van der Waals surface area contributed by atoms with Crippen LogP contribution in [0.4, 0.5) is 0 Å². The number of benzene rings is 1. The number of hydrogen-bond acceptors (Lipinski definition) is 3. The SMILES string of the molecule is COC[C@@H]1CN(Cc2ccccc2)CCN1. The molecule has 0 unspecified atom stereocenters. The molecule has 0 spiro atoms. The number of nitrogens with one attached hydrogen (secondary N) is 1. The summed E-state index contributed by atoms with van der Waals surface area (Å²) in [6, 6.07) is 11.1. The molecule has 3 nitrogen and oxygen atoms in total. The van der Waals surface area contributed by atoms with Gasteiger partial charge in [-0.2, -0.15) is 0 Å². The summed E-state index contributed by atoms with van der Waals surface area (Å²) in [6.07, 6.45) is 0. The molecule has 0 radical (unpaired) electrons. The van der Waals surface area contributed by atoms with E-state index in [0.29, 0.717) is 6.04 Å². The highest BCUT2D eigenvalue weighted by Gasteiger charge is 2.18. The van der Waals surface area contributed by atoms with Crippen LogP contribution in [0.1, 0.15) is 5.56 Å². The summed E-state index contributed by atoms with van der Waals surface area (Å²) in [5.74, 6) is 0. The van der Waals surface area contributed by atoms with Gasteiger partial charge in [0.25, 0.3) is 0 Å². The lowest BCUT2D eigenvalue weighted by molar-refractivity contribution is 0.112. The van der Waals surface area contributed by atoms with Crippen LogP contribution in [0.3, 0.4) is 0 Å². The molecule has 88 valence electrons. The molecule has 1 saturated heterocycles. The lowest BCUT2D eigenvalue weighted by atomic mass is 10.1. The van der Waals surface area contributed by atoms with Gasteiger partial charge in [0, 0.05) is 39.3 Å². The minimum absolute atomic E-state index is 0.475. The molecular formula is C13H20N2O. The van der Waals surface area contributed by atoms with Gasteiger partial charge < -0.3 is 10.1 Å². The Hall–Kier alpha value is -0.900. The summed E-state index contributed by atoms with van der Waals surface area (Å²) in [7, 11) is 1.76. The predicted octanol–water partition coefficient (Wildman–Crippen LogP) is 1.11. The van der Waals surface area contributed by atoms with Crippen LogP contribution in [-0.4, -0.2) is 44.3 Å². The van der Waals surface area contributed by atoms with E-state index in [9.17, 15) is 0 Å². The Kier molecular flexibility index (Phi) is 4.34. The highest BCUT2D eigenvalue weighted by molar-refractivity contribution is 5.14. The van der Waals surface area contributed by atoms with Crippen molar-refractivity contribution in [2.75, 3.05) is 33.4 Å². The molecule has 1 atom stereocenters. The standard InChI is InChI=1S/C13H20N2O/c1-16-11-13-10-15(8-7-14-13)9-12-5-3-2-4-6-12/h2-6,13-14H,7-11H2,1H3/t13-/m0/s1. The molecule has 1 N–H and O–H groups in total. The van der Waals surface area contributed by atoms with Crippen molar-refractivity contribution >= 4 is 0 Å². The second-order valence-electron chi connectivity index (χ2n) is 4.33. The number of rotatable bonds is 4. The lowest BCUT2D eigenvalue weighted by Crippen LogP contribution is -2.52. The van der Waals surface area contributed by atoms with Crippen LogP contribution in [-0.2, 0) is 11.3 Å². The first-order chi connectivity index (χ1) is 7.88. The molecule has 1 fully saturated rings. The Balaban J connectivity index is 1.85. The Morgan fingerprint density at radius 2 is 2.19 bits per heavy atom. The van der Waals surface area contributed by atoms with E-state index in [2.05, 4.69) is 40.5 Å². The molecule has 1 aliphatic heterocycles. The van der Waals surface area contributed by atoms with Crippen LogP contribution in [0, 0.1) is 0 Å². The minimum atomic E-state index is 0.475. The zero-order valence-electron chi connectivity index (χ0n) is 9.86. The van der Waals surface area contributed by atoms with Gasteiger partial charge in [-0.15, -0.1) is 0 Å². The second kappa shape index (κ2) is 5.99. The summed E-state index contributed by atoms with van der Waals surface area (Å²) in [5.41, 5.74) is 1.39. The van der Waals surface area contributed by atoms with Crippen molar-refractivity contribution in [3.05, 3.63) is 35.9 Å². The van der Waals surface area contributed by atoms with E-state index in [1.54, 1.807) is 7.11 Å². The van der Waals surface area contributed by atoms with E-state index < -0.39 is 0 Å². The highest BCUT2D eigenvalue weighted by atomic mass is 16.5. The van der Waals surface area contributed by atoms with Crippen molar-refractivity contribution in [2.45, 2.75) is 12.6 Å². The number of methoxy groups -OCH3 is 1. The quantitative estimate of drug-likeness (QED) is 0.822. The first kappa shape index (κ1) is 11.6. The number of hydrogen-bond donors (Lipinski definition) is 1. The summed E-state index contributed by atoms with van der Waals surface area (Å²) in [5, 5.41) is 3.47.